The van der Waals surface area contributed by atoms with Gasteiger partial charge in [-0.15, -0.1) is 0 Å². The van der Waals surface area contributed by atoms with Crippen LogP contribution in [0.4, 0.5) is 8.78 Å². The highest BCUT2D eigenvalue weighted by atomic mass is 19.3. The van der Waals surface area contributed by atoms with Crippen molar-refractivity contribution in [1.29, 1.82) is 0 Å². The average molecular weight is 271 g/mol. The van der Waals surface area contributed by atoms with Crippen LogP contribution in [0.1, 0.15) is 24.8 Å². The second-order valence-electron chi connectivity index (χ2n) is 5.03. The molecule has 5 heteroatoms. The van der Waals surface area contributed by atoms with Crippen molar-refractivity contribution in [2.24, 2.45) is 0 Å². The lowest BCUT2D eigenvalue weighted by Crippen LogP contribution is -2.45. The predicted molar refractivity (Wildman–Crippen MR) is 68.4 cm³/mol. The SMILES string of the molecule is OC1(CNCc2ccc(OCC(F)F)cc2)CCC1. The monoisotopic (exact) mass is 271 g/mol. The molecule has 2 rings (SSSR count). The molecule has 1 fully saturated rings. The van der Waals surface area contributed by atoms with E-state index in [9.17, 15) is 13.9 Å². The molecule has 1 aromatic carbocycles. The van der Waals surface area contributed by atoms with E-state index in [0.717, 1.165) is 24.8 Å². The first-order valence-electron chi connectivity index (χ1n) is 6.50. The molecule has 0 bridgehead atoms. The van der Waals surface area contributed by atoms with Gasteiger partial charge in [-0.3, -0.25) is 0 Å². The normalized spacial score (nSPS) is 17.3. The molecule has 106 valence electrons. The van der Waals surface area contributed by atoms with E-state index in [-0.39, 0.29) is 0 Å². The molecule has 19 heavy (non-hydrogen) atoms. The first-order valence-corrected chi connectivity index (χ1v) is 6.50. The van der Waals surface area contributed by atoms with Crippen molar-refractivity contribution < 1.29 is 18.6 Å². The Kier molecular flexibility index (Phi) is 4.71. The molecule has 0 saturated heterocycles. The van der Waals surface area contributed by atoms with E-state index in [4.69, 9.17) is 4.74 Å². The van der Waals surface area contributed by atoms with Gasteiger partial charge in [-0.1, -0.05) is 12.1 Å². The molecule has 0 aliphatic heterocycles. The molecule has 0 unspecified atom stereocenters. The van der Waals surface area contributed by atoms with Crippen molar-refractivity contribution in [3.8, 4) is 5.75 Å². The quantitative estimate of drug-likeness (QED) is 0.800. The van der Waals surface area contributed by atoms with Crippen molar-refractivity contribution in [2.45, 2.75) is 37.8 Å². The molecule has 0 heterocycles. The number of halogens is 2. The third-order valence-electron chi connectivity index (χ3n) is 3.37. The number of rotatable bonds is 7. The van der Waals surface area contributed by atoms with Gasteiger partial charge < -0.3 is 15.2 Å². The summed E-state index contributed by atoms with van der Waals surface area (Å²) in [6, 6.07) is 7.02. The minimum atomic E-state index is -2.45. The van der Waals surface area contributed by atoms with Gasteiger partial charge in [0, 0.05) is 13.1 Å². The highest BCUT2D eigenvalue weighted by molar-refractivity contribution is 5.27. The standard InChI is InChI=1S/C14H19F2NO2/c15-13(16)9-19-12-4-2-11(3-5-12)8-17-10-14(18)6-1-7-14/h2-5,13,17-18H,1,6-10H2. The third-order valence-corrected chi connectivity index (χ3v) is 3.37. The van der Waals surface area contributed by atoms with Crippen LogP contribution in [-0.2, 0) is 6.54 Å². The van der Waals surface area contributed by atoms with E-state index < -0.39 is 18.6 Å². The van der Waals surface area contributed by atoms with E-state index >= 15 is 0 Å². The van der Waals surface area contributed by atoms with Crippen LogP contribution in [0.3, 0.4) is 0 Å². The summed E-state index contributed by atoms with van der Waals surface area (Å²) in [5.41, 5.74) is 0.507. The van der Waals surface area contributed by atoms with Crippen LogP contribution in [-0.4, -0.2) is 30.3 Å². The molecule has 0 amide bonds. The smallest absolute Gasteiger partial charge is 0.272 e. The highest BCUT2D eigenvalue weighted by Gasteiger charge is 2.33. The topological polar surface area (TPSA) is 41.5 Å². The van der Waals surface area contributed by atoms with Crippen molar-refractivity contribution in [3.63, 3.8) is 0 Å². The van der Waals surface area contributed by atoms with Gasteiger partial charge in [0.2, 0.25) is 0 Å². The number of hydrogen-bond donors (Lipinski definition) is 2. The van der Waals surface area contributed by atoms with E-state index in [1.54, 1.807) is 12.1 Å². The van der Waals surface area contributed by atoms with Crippen molar-refractivity contribution >= 4 is 0 Å². The fourth-order valence-corrected chi connectivity index (χ4v) is 2.06. The molecule has 1 aromatic rings. The Morgan fingerprint density at radius 2 is 1.95 bits per heavy atom. The van der Waals surface area contributed by atoms with Crippen LogP contribution < -0.4 is 10.1 Å². The fourth-order valence-electron chi connectivity index (χ4n) is 2.06. The second kappa shape index (κ2) is 6.30. The van der Waals surface area contributed by atoms with Gasteiger partial charge >= 0.3 is 0 Å². The lowest BCUT2D eigenvalue weighted by Gasteiger charge is -2.36. The molecule has 2 N–H and O–H groups in total. The highest BCUT2D eigenvalue weighted by Crippen LogP contribution is 2.30. The minimum absolute atomic E-state index is 0.446. The number of alkyl halides is 2. The van der Waals surface area contributed by atoms with Crippen molar-refractivity contribution in [3.05, 3.63) is 29.8 Å². The zero-order chi connectivity index (χ0) is 13.7. The third kappa shape index (κ3) is 4.44. The van der Waals surface area contributed by atoms with Gasteiger partial charge in [0.15, 0.2) is 0 Å². The average Bonchev–Trinajstić information content (AvgIpc) is 2.36. The van der Waals surface area contributed by atoms with Gasteiger partial charge in [-0.05, 0) is 37.0 Å². The lowest BCUT2D eigenvalue weighted by molar-refractivity contribution is -0.0314. The zero-order valence-electron chi connectivity index (χ0n) is 10.7. The van der Waals surface area contributed by atoms with Crippen LogP contribution in [0.25, 0.3) is 0 Å². The van der Waals surface area contributed by atoms with Crippen LogP contribution in [0.2, 0.25) is 0 Å². The van der Waals surface area contributed by atoms with Gasteiger partial charge in [0.1, 0.15) is 12.4 Å². The fraction of sp³-hybridized carbons (Fsp3) is 0.571. The van der Waals surface area contributed by atoms with Gasteiger partial charge in [0.05, 0.1) is 5.60 Å². The molecule has 0 atom stereocenters. The number of ether oxygens (including phenoxy) is 1. The molecule has 0 spiro atoms. The summed E-state index contributed by atoms with van der Waals surface area (Å²) in [5, 5.41) is 13.1. The van der Waals surface area contributed by atoms with E-state index in [2.05, 4.69) is 5.32 Å². The molecular formula is C14H19F2NO2. The molecule has 1 saturated carbocycles. The molecule has 0 radical (unpaired) electrons. The van der Waals surface area contributed by atoms with Gasteiger partial charge in [-0.2, -0.15) is 0 Å². The van der Waals surface area contributed by atoms with Crippen molar-refractivity contribution in [1.82, 2.24) is 5.32 Å². The largest absolute Gasteiger partial charge is 0.488 e. The predicted octanol–water partition coefficient (Wildman–Crippen LogP) is 2.34. The minimum Gasteiger partial charge on any atom is -0.488 e. The first-order chi connectivity index (χ1) is 9.07. The van der Waals surface area contributed by atoms with Crippen LogP contribution >= 0.6 is 0 Å². The summed E-state index contributed by atoms with van der Waals surface area (Å²) < 4.78 is 28.8. The number of benzene rings is 1. The Morgan fingerprint density at radius 3 is 2.47 bits per heavy atom. The second-order valence-corrected chi connectivity index (χ2v) is 5.03. The Hall–Kier alpha value is -1.20. The van der Waals surface area contributed by atoms with Crippen LogP contribution in [0.15, 0.2) is 24.3 Å². The number of aliphatic hydroxyl groups is 1. The lowest BCUT2D eigenvalue weighted by atomic mass is 9.80. The summed E-state index contributed by atoms with van der Waals surface area (Å²) in [4.78, 5) is 0. The Balaban J connectivity index is 1.72. The first kappa shape index (κ1) is 14.2. The Labute approximate surface area is 111 Å². The van der Waals surface area contributed by atoms with E-state index in [0.29, 0.717) is 18.8 Å². The molecule has 1 aliphatic carbocycles. The molecule has 1 aliphatic rings. The molecular weight excluding hydrogens is 252 g/mol. The number of nitrogens with one attached hydrogen (secondary N) is 1. The summed E-state index contributed by atoms with van der Waals surface area (Å²) in [6.07, 6.45) is 0.361. The Bertz CT molecular complexity index is 391. The van der Waals surface area contributed by atoms with Gasteiger partial charge in [0.25, 0.3) is 6.43 Å². The molecule has 3 nitrogen and oxygen atoms in total. The molecule has 0 aromatic heterocycles. The Morgan fingerprint density at radius 1 is 1.26 bits per heavy atom. The van der Waals surface area contributed by atoms with E-state index in [1.807, 2.05) is 12.1 Å². The number of hydrogen-bond acceptors (Lipinski definition) is 3. The zero-order valence-corrected chi connectivity index (χ0v) is 10.7. The maximum Gasteiger partial charge on any atom is 0.272 e. The van der Waals surface area contributed by atoms with Gasteiger partial charge in [-0.25, -0.2) is 8.78 Å². The summed E-state index contributed by atoms with van der Waals surface area (Å²) >= 11 is 0. The summed E-state index contributed by atoms with van der Waals surface area (Å²) in [7, 11) is 0. The summed E-state index contributed by atoms with van der Waals surface area (Å²) in [6.45, 7) is 0.665. The van der Waals surface area contributed by atoms with E-state index in [1.165, 1.54) is 0 Å². The summed E-state index contributed by atoms with van der Waals surface area (Å²) in [5.74, 6) is 0.446. The maximum atomic E-state index is 12.0. The van der Waals surface area contributed by atoms with Crippen molar-refractivity contribution in [2.75, 3.05) is 13.2 Å². The van der Waals surface area contributed by atoms with Crippen LogP contribution in [0.5, 0.6) is 5.75 Å². The van der Waals surface area contributed by atoms with Crippen LogP contribution in [0, 0.1) is 0 Å². The maximum absolute atomic E-state index is 12.0.